The van der Waals surface area contributed by atoms with E-state index in [0.29, 0.717) is 39.3 Å². The summed E-state index contributed by atoms with van der Waals surface area (Å²) in [5, 5.41) is 3.18. The number of nitrogens with zero attached hydrogens (tertiary/aromatic N) is 4. The second kappa shape index (κ2) is 54.1. The van der Waals surface area contributed by atoms with Crippen molar-refractivity contribution in [1.29, 1.82) is 0 Å². The van der Waals surface area contributed by atoms with E-state index in [0.717, 1.165) is 89.9 Å². The van der Waals surface area contributed by atoms with Gasteiger partial charge in [-0.25, -0.2) is 0 Å². The fourth-order valence-corrected chi connectivity index (χ4v) is 9.79. The maximum atomic E-state index is 14.6. The maximum absolute atomic E-state index is 14.6. The third-order valence-corrected chi connectivity index (χ3v) is 14.6. The predicted molar refractivity (Wildman–Crippen MR) is 308 cm³/mol. The summed E-state index contributed by atoms with van der Waals surface area (Å²) in [6.45, 7) is 11.3. The Bertz CT molecular complexity index is 1290. The first-order valence-electron chi connectivity index (χ1n) is 31.2. The first-order valence-corrected chi connectivity index (χ1v) is 31.2. The van der Waals surface area contributed by atoms with E-state index < -0.39 is 5.91 Å². The second-order valence-electron chi connectivity index (χ2n) is 21.6. The summed E-state index contributed by atoms with van der Waals surface area (Å²) in [7, 11) is 1.63. The van der Waals surface area contributed by atoms with Crippen molar-refractivity contribution in [3.05, 3.63) is 0 Å². The SMILES string of the molecule is CCCCCCCCCCCCN(CC(N)=O)C(=O)CN(CCCCCCCCCCCC)C(=O)CN(CCCCCCCCCCCC)C(=O)CN(CCCCCCCCCCCC)C(=O)CNCCOC. The lowest BCUT2D eigenvalue weighted by Crippen LogP contribution is -2.51. The average Bonchev–Trinajstić information content (AvgIpc) is 3.37. The van der Waals surface area contributed by atoms with Crippen LogP contribution in [0.15, 0.2) is 0 Å². The zero-order valence-corrected chi connectivity index (χ0v) is 48.9. The first kappa shape index (κ1) is 70.3. The van der Waals surface area contributed by atoms with Crippen molar-refractivity contribution in [2.45, 2.75) is 285 Å². The van der Waals surface area contributed by atoms with Gasteiger partial charge in [-0.05, 0) is 25.7 Å². The van der Waals surface area contributed by atoms with E-state index in [1.165, 1.54) is 172 Å². The maximum Gasteiger partial charge on any atom is 0.242 e. The standard InChI is InChI=1S/C61H120N6O6/c1-6-10-14-18-22-26-30-34-38-42-47-64(53-57(62)68)59(70)55-66(49-44-40-36-32-28-24-20-16-12-8-3)61(72)56-67(50-45-41-37-33-29-25-21-17-13-9-4)60(71)54-65(58(69)52-63-46-51-73-5)48-43-39-35-31-27-23-19-15-11-7-2/h63H,6-56H2,1-5H3,(H2,62,68). The molecule has 0 saturated heterocycles. The minimum Gasteiger partial charge on any atom is -0.383 e. The highest BCUT2D eigenvalue weighted by Crippen LogP contribution is 2.16. The lowest BCUT2D eigenvalue weighted by atomic mass is 10.1. The summed E-state index contributed by atoms with van der Waals surface area (Å²) in [5.41, 5.74) is 5.70. The second-order valence-corrected chi connectivity index (χ2v) is 21.6. The molecule has 0 heterocycles. The highest BCUT2D eigenvalue weighted by Gasteiger charge is 2.27. The molecule has 0 bridgehead atoms. The molecule has 0 rings (SSSR count). The zero-order chi connectivity index (χ0) is 53.7. The van der Waals surface area contributed by atoms with Gasteiger partial charge in [0.15, 0.2) is 0 Å². The number of rotatable bonds is 57. The van der Waals surface area contributed by atoms with Gasteiger partial charge in [-0.1, -0.05) is 259 Å². The molecule has 0 aliphatic carbocycles. The number of amides is 5. The van der Waals surface area contributed by atoms with E-state index in [9.17, 15) is 24.0 Å². The molecule has 3 N–H and O–H groups in total. The normalized spacial score (nSPS) is 11.3. The minimum atomic E-state index is -0.563. The average molecular weight is 1030 g/mol. The summed E-state index contributed by atoms with van der Waals surface area (Å²) in [6.07, 6.45) is 46.5. The monoisotopic (exact) mass is 1030 g/mol. The molecule has 0 fully saturated rings. The molecule has 0 saturated carbocycles. The quantitative estimate of drug-likeness (QED) is 0.0577. The van der Waals surface area contributed by atoms with Crippen LogP contribution in [0.1, 0.15) is 285 Å². The molecule has 12 nitrogen and oxygen atoms in total. The van der Waals surface area contributed by atoms with Gasteiger partial charge in [0.2, 0.25) is 29.5 Å². The number of hydrogen-bond donors (Lipinski definition) is 2. The van der Waals surface area contributed by atoms with Crippen LogP contribution in [0, 0.1) is 0 Å². The van der Waals surface area contributed by atoms with Crippen molar-refractivity contribution in [2.75, 3.05) is 79.2 Å². The van der Waals surface area contributed by atoms with Gasteiger partial charge in [-0.3, -0.25) is 24.0 Å². The van der Waals surface area contributed by atoms with Crippen molar-refractivity contribution in [3.63, 3.8) is 0 Å². The Kier molecular flexibility index (Phi) is 52.1. The van der Waals surface area contributed by atoms with Gasteiger partial charge in [0, 0.05) is 39.8 Å². The number of carbonyl (C=O) groups is 5. The highest BCUT2D eigenvalue weighted by atomic mass is 16.5. The molecule has 0 unspecified atom stereocenters. The van der Waals surface area contributed by atoms with Crippen LogP contribution >= 0.6 is 0 Å². The molecule has 0 aliphatic rings. The Morgan fingerprint density at radius 1 is 0.329 bits per heavy atom. The molecule has 0 aromatic carbocycles. The molecule has 430 valence electrons. The number of hydrogen-bond acceptors (Lipinski definition) is 7. The van der Waals surface area contributed by atoms with E-state index >= 15 is 0 Å². The summed E-state index contributed by atoms with van der Waals surface area (Å²) in [4.78, 5) is 75.8. The van der Waals surface area contributed by atoms with Gasteiger partial charge >= 0.3 is 0 Å². The zero-order valence-electron chi connectivity index (χ0n) is 48.9. The van der Waals surface area contributed by atoms with Crippen LogP contribution in [0.5, 0.6) is 0 Å². The van der Waals surface area contributed by atoms with Gasteiger partial charge in [0.05, 0.1) is 39.3 Å². The molecule has 0 atom stereocenters. The predicted octanol–water partition coefficient (Wildman–Crippen LogP) is 13.7. The van der Waals surface area contributed by atoms with E-state index in [-0.39, 0.29) is 56.4 Å². The van der Waals surface area contributed by atoms with E-state index in [4.69, 9.17) is 10.5 Å². The summed E-state index contributed by atoms with van der Waals surface area (Å²) in [6, 6.07) is 0. The third kappa shape index (κ3) is 45.2. The van der Waals surface area contributed by atoms with Crippen molar-refractivity contribution in [3.8, 4) is 0 Å². The smallest absolute Gasteiger partial charge is 0.242 e. The van der Waals surface area contributed by atoms with Crippen LogP contribution < -0.4 is 11.1 Å². The Labute approximate surface area is 450 Å². The van der Waals surface area contributed by atoms with Gasteiger partial charge in [-0.15, -0.1) is 0 Å². The Balaban J connectivity index is 6.20. The molecule has 0 spiro atoms. The third-order valence-electron chi connectivity index (χ3n) is 14.6. The van der Waals surface area contributed by atoms with E-state index in [1.54, 1.807) is 21.8 Å². The fraction of sp³-hybridized carbons (Fsp3) is 0.918. The van der Waals surface area contributed by atoms with Crippen LogP contribution in [0.4, 0.5) is 0 Å². The molecule has 0 radical (unpaired) electrons. The molecule has 73 heavy (non-hydrogen) atoms. The number of methoxy groups -OCH3 is 1. The Morgan fingerprint density at radius 2 is 0.548 bits per heavy atom. The molecule has 12 heteroatoms. The van der Waals surface area contributed by atoms with Crippen molar-refractivity contribution < 1.29 is 28.7 Å². The van der Waals surface area contributed by atoms with Crippen LogP contribution in [-0.4, -0.2) is 128 Å². The molecule has 5 amide bonds. The lowest BCUT2D eigenvalue weighted by molar-refractivity contribution is -0.146. The van der Waals surface area contributed by atoms with Gasteiger partial charge in [-0.2, -0.15) is 0 Å². The van der Waals surface area contributed by atoms with Crippen LogP contribution in [0.3, 0.4) is 0 Å². The van der Waals surface area contributed by atoms with Crippen molar-refractivity contribution in [2.24, 2.45) is 5.73 Å². The molecule has 0 aliphatic heterocycles. The van der Waals surface area contributed by atoms with Gasteiger partial charge in [0.1, 0.15) is 0 Å². The van der Waals surface area contributed by atoms with Crippen LogP contribution in [-0.2, 0) is 28.7 Å². The molecule has 0 aromatic heterocycles. The van der Waals surface area contributed by atoms with Crippen LogP contribution in [0.25, 0.3) is 0 Å². The van der Waals surface area contributed by atoms with Crippen LogP contribution in [0.2, 0.25) is 0 Å². The Hall–Kier alpha value is -2.73. The Morgan fingerprint density at radius 3 is 0.781 bits per heavy atom. The number of carbonyl (C=O) groups excluding carboxylic acids is 5. The van der Waals surface area contributed by atoms with E-state index in [1.807, 2.05) is 0 Å². The topological polar surface area (TPSA) is 146 Å². The number of nitrogens with one attached hydrogen (secondary N) is 1. The largest absolute Gasteiger partial charge is 0.383 e. The van der Waals surface area contributed by atoms with E-state index in [2.05, 4.69) is 33.0 Å². The van der Waals surface area contributed by atoms with Gasteiger partial charge in [0.25, 0.3) is 0 Å². The minimum absolute atomic E-state index is 0.0874. The van der Waals surface area contributed by atoms with Gasteiger partial charge < -0.3 is 35.4 Å². The number of nitrogens with two attached hydrogens (primary N) is 1. The number of unbranched alkanes of at least 4 members (excludes halogenated alkanes) is 36. The summed E-state index contributed by atoms with van der Waals surface area (Å²) >= 11 is 0. The number of ether oxygens (including phenoxy) is 1. The highest BCUT2D eigenvalue weighted by molar-refractivity contribution is 5.91. The summed E-state index contributed by atoms with van der Waals surface area (Å²) in [5.74, 6) is -1.47. The summed E-state index contributed by atoms with van der Waals surface area (Å²) < 4.78 is 5.20. The lowest BCUT2D eigenvalue weighted by Gasteiger charge is -2.31. The first-order chi connectivity index (χ1) is 35.6. The fourth-order valence-electron chi connectivity index (χ4n) is 9.79. The molecular weight excluding hydrogens is 913 g/mol. The van der Waals surface area contributed by atoms with Crippen molar-refractivity contribution in [1.82, 2.24) is 24.9 Å². The number of primary amides is 1. The molecule has 0 aromatic rings. The van der Waals surface area contributed by atoms with Crippen molar-refractivity contribution >= 4 is 29.5 Å². The molecular formula is C61H120N6O6.